The van der Waals surface area contributed by atoms with Crippen LogP contribution in [0.2, 0.25) is 0 Å². The number of cyclic esters (lactones) is 1. The number of carbonyl (C=O) groups excluding carboxylic acids is 2. The normalized spacial score (nSPS) is 20.9. The van der Waals surface area contributed by atoms with Gasteiger partial charge in [0, 0.05) is 35.0 Å². The lowest BCUT2D eigenvalue weighted by molar-refractivity contribution is -0.117. The van der Waals surface area contributed by atoms with Crippen molar-refractivity contribution in [3.63, 3.8) is 0 Å². The summed E-state index contributed by atoms with van der Waals surface area (Å²) in [4.78, 5) is 31.2. The van der Waals surface area contributed by atoms with Crippen LogP contribution in [0.25, 0.3) is 0 Å². The lowest BCUT2D eigenvalue weighted by Gasteiger charge is -2.15. The van der Waals surface area contributed by atoms with Crippen molar-refractivity contribution in [1.82, 2.24) is 10.6 Å². The highest BCUT2D eigenvalue weighted by molar-refractivity contribution is 7.81. The summed E-state index contributed by atoms with van der Waals surface area (Å²) in [5, 5.41) is 6.52. The second-order valence-electron chi connectivity index (χ2n) is 7.20. The molecule has 0 radical (unpaired) electrons. The maximum atomic E-state index is 12.4. The van der Waals surface area contributed by atoms with Crippen molar-refractivity contribution >= 4 is 52.2 Å². The topological polar surface area (TPSA) is 83.0 Å². The smallest absolute Gasteiger partial charge is 0.414 e. The molecule has 2 amide bonds. The van der Waals surface area contributed by atoms with Gasteiger partial charge in [0.1, 0.15) is 11.9 Å². The van der Waals surface area contributed by atoms with Crippen LogP contribution >= 0.6 is 23.8 Å². The average Bonchev–Trinajstić information content (AvgIpc) is 3.38. The van der Waals surface area contributed by atoms with Crippen molar-refractivity contribution in [3.8, 4) is 0 Å². The Labute approximate surface area is 184 Å². The van der Waals surface area contributed by atoms with Gasteiger partial charge in [-0.1, -0.05) is 42.0 Å². The van der Waals surface area contributed by atoms with Crippen LogP contribution in [0, 0.1) is 0 Å². The van der Waals surface area contributed by atoms with E-state index in [9.17, 15) is 9.59 Å². The Bertz CT molecular complexity index is 971. The van der Waals surface area contributed by atoms with Gasteiger partial charge in [0.2, 0.25) is 0 Å². The first-order valence-corrected chi connectivity index (χ1v) is 10.5. The molecule has 1 unspecified atom stereocenters. The second-order valence-corrected chi connectivity index (χ2v) is 8.13. The molecule has 0 aromatic heterocycles. The Morgan fingerprint density at radius 2 is 2.17 bits per heavy atom. The zero-order valence-corrected chi connectivity index (χ0v) is 17.8. The maximum absolute atomic E-state index is 12.4. The van der Waals surface area contributed by atoms with Gasteiger partial charge in [0.15, 0.2) is 0 Å². The molecule has 2 N–H and O–H groups in total. The summed E-state index contributed by atoms with van der Waals surface area (Å²) >= 11 is 11.2. The van der Waals surface area contributed by atoms with Crippen LogP contribution in [-0.4, -0.2) is 55.0 Å². The molecule has 1 fully saturated rings. The number of thiocarbonyl (C=S) groups is 1. The van der Waals surface area contributed by atoms with E-state index in [0.717, 1.165) is 36.6 Å². The highest BCUT2D eigenvalue weighted by atomic mass is 35.5. The fraction of sp³-hybridized carbons (Fsp3) is 0.333. The Morgan fingerprint density at radius 3 is 2.90 bits per heavy atom. The predicted octanol–water partition coefficient (Wildman–Crippen LogP) is 2.49. The molecule has 1 aromatic rings. The summed E-state index contributed by atoms with van der Waals surface area (Å²) < 4.78 is 5.41. The predicted molar refractivity (Wildman–Crippen MR) is 120 cm³/mol. The van der Waals surface area contributed by atoms with Gasteiger partial charge < -0.3 is 15.4 Å². The molecule has 2 heterocycles. The monoisotopic (exact) mass is 444 g/mol. The largest absolute Gasteiger partial charge is 0.442 e. The maximum Gasteiger partial charge on any atom is 0.414 e. The average molecular weight is 445 g/mol. The first-order valence-electron chi connectivity index (χ1n) is 9.72. The number of aliphatic imine (C=N–C) groups is 1. The Hall–Kier alpha value is -2.71. The van der Waals surface area contributed by atoms with Crippen molar-refractivity contribution < 1.29 is 14.3 Å². The van der Waals surface area contributed by atoms with Gasteiger partial charge in [-0.25, -0.2) is 4.79 Å². The highest BCUT2D eigenvalue weighted by Crippen LogP contribution is 2.23. The van der Waals surface area contributed by atoms with Gasteiger partial charge in [0.25, 0.3) is 5.91 Å². The SMILES string of the molecule is O=C(NCC1CN(c2ccc(CC3=NCCN3)cc2)C(=O)O1)C1=CC(Cl)=CCC1=S. The summed E-state index contributed by atoms with van der Waals surface area (Å²) in [6.45, 7) is 2.26. The lowest BCUT2D eigenvalue weighted by atomic mass is 10.0. The molecule has 2 aliphatic heterocycles. The molecular formula is C21H21ClN4O3S. The van der Waals surface area contributed by atoms with E-state index < -0.39 is 12.2 Å². The van der Waals surface area contributed by atoms with Crippen molar-refractivity contribution in [2.45, 2.75) is 18.9 Å². The van der Waals surface area contributed by atoms with E-state index >= 15 is 0 Å². The Kier molecular flexibility index (Phi) is 6.15. The minimum absolute atomic E-state index is 0.200. The molecule has 4 rings (SSSR count). The highest BCUT2D eigenvalue weighted by Gasteiger charge is 2.33. The number of hydrogen-bond acceptors (Lipinski definition) is 6. The van der Waals surface area contributed by atoms with Crippen LogP contribution in [0.5, 0.6) is 0 Å². The van der Waals surface area contributed by atoms with Gasteiger partial charge >= 0.3 is 6.09 Å². The fourth-order valence-electron chi connectivity index (χ4n) is 3.46. The number of carbonyl (C=O) groups is 2. The summed E-state index contributed by atoms with van der Waals surface area (Å²) in [6.07, 6.45) is 3.67. The summed E-state index contributed by atoms with van der Waals surface area (Å²) in [5.74, 6) is 0.678. The summed E-state index contributed by atoms with van der Waals surface area (Å²) in [7, 11) is 0. The number of amidine groups is 1. The van der Waals surface area contributed by atoms with Crippen LogP contribution in [-0.2, 0) is 16.0 Å². The van der Waals surface area contributed by atoms with E-state index in [2.05, 4.69) is 15.6 Å². The first-order chi connectivity index (χ1) is 14.5. The number of hydrogen-bond donors (Lipinski definition) is 2. The van der Waals surface area contributed by atoms with Gasteiger partial charge in [-0.2, -0.15) is 0 Å². The Morgan fingerprint density at radius 1 is 1.37 bits per heavy atom. The number of nitrogens with zero attached hydrogens (tertiary/aromatic N) is 2. The molecule has 0 bridgehead atoms. The Balaban J connectivity index is 1.32. The molecule has 3 aliphatic rings. The third-order valence-electron chi connectivity index (χ3n) is 5.04. The van der Waals surface area contributed by atoms with Crippen LogP contribution in [0.15, 0.2) is 52.0 Å². The molecule has 1 aromatic carbocycles. The van der Waals surface area contributed by atoms with Gasteiger partial charge in [-0.05, 0) is 23.8 Å². The second kappa shape index (κ2) is 8.97. The minimum Gasteiger partial charge on any atom is -0.442 e. The first kappa shape index (κ1) is 20.6. The quantitative estimate of drug-likeness (QED) is 0.659. The molecule has 1 atom stereocenters. The van der Waals surface area contributed by atoms with Gasteiger partial charge in [-0.15, -0.1) is 0 Å². The zero-order valence-electron chi connectivity index (χ0n) is 16.2. The molecule has 1 saturated heterocycles. The van der Waals surface area contributed by atoms with Crippen molar-refractivity contribution in [2.75, 3.05) is 31.1 Å². The van der Waals surface area contributed by atoms with Crippen molar-refractivity contribution in [1.29, 1.82) is 0 Å². The van der Waals surface area contributed by atoms with Crippen LogP contribution < -0.4 is 15.5 Å². The van der Waals surface area contributed by atoms with Gasteiger partial charge in [0.05, 0.1) is 25.2 Å². The number of allylic oxidation sites excluding steroid dienone is 3. The minimum atomic E-state index is -0.443. The van der Waals surface area contributed by atoms with Crippen LogP contribution in [0.4, 0.5) is 10.5 Å². The molecule has 30 heavy (non-hydrogen) atoms. The number of rotatable bonds is 6. The number of anilines is 1. The van der Waals surface area contributed by atoms with Crippen molar-refractivity contribution in [3.05, 3.63) is 52.6 Å². The lowest BCUT2D eigenvalue weighted by Crippen LogP contribution is -2.36. The van der Waals surface area contributed by atoms with Crippen molar-refractivity contribution in [2.24, 2.45) is 4.99 Å². The van der Waals surface area contributed by atoms with Crippen LogP contribution in [0.3, 0.4) is 0 Å². The number of ether oxygens (including phenoxy) is 1. The standard InChI is InChI=1S/C21H21ClN4O3S/c22-14-3-6-18(30)17(10-14)20(27)25-11-16-12-26(21(28)29-16)15-4-1-13(2-5-15)9-19-23-7-8-24-19/h1-5,10,16H,6-9,11-12H2,(H,23,24)(H,25,27). The molecule has 1 aliphatic carbocycles. The fourth-order valence-corrected chi connectivity index (χ4v) is 3.88. The van der Waals surface area contributed by atoms with E-state index in [1.807, 2.05) is 24.3 Å². The third-order valence-corrected chi connectivity index (χ3v) is 5.69. The molecule has 9 heteroatoms. The molecule has 0 saturated carbocycles. The van der Waals surface area contributed by atoms with E-state index in [4.69, 9.17) is 28.6 Å². The number of nitrogens with one attached hydrogen (secondary N) is 2. The van der Waals surface area contributed by atoms with E-state index in [1.54, 1.807) is 17.1 Å². The van der Waals surface area contributed by atoms with Gasteiger partial charge in [-0.3, -0.25) is 14.7 Å². The summed E-state index contributed by atoms with van der Waals surface area (Å²) in [6, 6.07) is 7.75. The molecule has 0 spiro atoms. The van der Waals surface area contributed by atoms with Crippen LogP contribution in [0.1, 0.15) is 12.0 Å². The number of amides is 2. The molecule has 156 valence electrons. The number of halogens is 1. The molecular weight excluding hydrogens is 424 g/mol. The number of benzene rings is 1. The zero-order chi connectivity index (χ0) is 21.1. The van der Waals surface area contributed by atoms with E-state index in [0.29, 0.717) is 28.4 Å². The third kappa shape index (κ3) is 4.71. The van der Waals surface area contributed by atoms with E-state index in [-0.39, 0.29) is 12.5 Å². The molecule has 7 nitrogen and oxygen atoms in total. The summed E-state index contributed by atoms with van der Waals surface area (Å²) in [5.41, 5.74) is 2.26. The van der Waals surface area contributed by atoms with E-state index in [1.165, 1.54) is 0 Å².